The Bertz CT molecular complexity index is 441. The van der Waals surface area contributed by atoms with Crippen molar-refractivity contribution in [2.24, 2.45) is 13.0 Å². The maximum atomic E-state index is 12.0. The number of carbonyl (C=O) groups is 1. The third kappa shape index (κ3) is 3.56. The van der Waals surface area contributed by atoms with Crippen LogP contribution in [-0.2, 0) is 18.4 Å². The molecule has 0 spiro atoms. The van der Waals surface area contributed by atoms with Crippen LogP contribution >= 0.6 is 0 Å². The molecule has 0 aromatic carbocycles. The molecule has 1 aromatic heterocycles. The van der Waals surface area contributed by atoms with Gasteiger partial charge in [0.1, 0.15) is 0 Å². The zero-order valence-corrected chi connectivity index (χ0v) is 12.1. The van der Waals surface area contributed by atoms with Gasteiger partial charge in [-0.3, -0.25) is 9.48 Å². The molecule has 2 unspecified atom stereocenters. The average Bonchev–Trinajstić information content (AvgIpc) is 2.70. The van der Waals surface area contributed by atoms with Crippen molar-refractivity contribution in [2.45, 2.75) is 45.7 Å². The molecule has 2 rings (SSSR count). The summed E-state index contributed by atoms with van der Waals surface area (Å²) in [6.07, 6.45) is 4.82. The van der Waals surface area contributed by atoms with E-state index < -0.39 is 0 Å². The van der Waals surface area contributed by atoms with Gasteiger partial charge in [-0.15, -0.1) is 0 Å². The van der Waals surface area contributed by atoms with E-state index in [1.54, 1.807) is 0 Å². The van der Waals surface area contributed by atoms with Crippen molar-refractivity contribution in [3.63, 3.8) is 0 Å². The molecule has 0 bridgehead atoms. The first kappa shape index (κ1) is 14.1. The smallest absolute Gasteiger partial charge is 0.221 e. The minimum absolute atomic E-state index is 0.120. The van der Waals surface area contributed by atoms with E-state index in [0.717, 1.165) is 17.8 Å². The number of nitrogens with one attached hydrogen (secondary N) is 2. The van der Waals surface area contributed by atoms with Gasteiger partial charge in [-0.2, -0.15) is 5.10 Å². The minimum Gasteiger partial charge on any atom is -0.352 e. The summed E-state index contributed by atoms with van der Waals surface area (Å²) in [5, 5.41) is 10.6. The standard InChI is InChI=1S/C14H24N4O/c1-10-5-4-6-15-13(10)7-14(19)16-8-12-9-17-18(3)11(12)2/h9-10,13,15H,4-8H2,1-3H3,(H,16,19). The molecule has 1 saturated heterocycles. The summed E-state index contributed by atoms with van der Waals surface area (Å²) in [6, 6.07) is 0.323. The third-order valence-corrected chi connectivity index (χ3v) is 4.15. The number of amides is 1. The highest BCUT2D eigenvalue weighted by molar-refractivity contribution is 5.76. The molecule has 2 atom stereocenters. The van der Waals surface area contributed by atoms with Gasteiger partial charge in [0, 0.05) is 37.3 Å². The molecule has 2 heterocycles. The number of rotatable bonds is 4. The number of carbonyl (C=O) groups excluding carboxylic acids is 1. The van der Waals surface area contributed by atoms with Gasteiger partial charge in [0.25, 0.3) is 0 Å². The largest absolute Gasteiger partial charge is 0.352 e. The van der Waals surface area contributed by atoms with Gasteiger partial charge < -0.3 is 10.6 Å². The number of hydrogen-bond acceptors (Lipinski definition) is 3. The quantitative estimate of drug-likeness (QED) is 0.857. The van der Waals surface area contributed by atoms with Crippen molar-refractivity contribution in [1.29, 1.82) is 0 Å². The Morgan fingerprint density at radius 2 is 2.42 bits per heavy atom. The summed E-state index contributed by atoms with van der Waals surface area (Å²) in [4.78, 5) is 12.0. The fourth-order valence-electron chi connectivity index (χ4n) is 2.57. The molecule has 5 heteroatoms. The van der Waals surface area contributed by atoms with E-state index in [-0.39, 0.29) is 5.91 Å². The molecule has 19 heavy (non-hydrogen) atoms. The molecular formula is C14H24N4O. The van der Waals surface area contributed by atoms with Crippen LogP contribution in [0.4, 0.5) is 0 Å². The van der Waals surface area contributed by atoms with Crippen LogP contribution in [0.1, 0.15) is 37.4 Å². The average molecular weight is 264 g/mol. The first-order valence-corrected chi connectivity index (χ1v) is 7.05. The highest BCUT2D eigenvalue weighted by Crippen LogP contribution is 2.17. The van der Waals surface area contributed by atoms with Gasteiger partial charge in [-0.1, -0.05) is 6.92 Å². The molecule has 0 saturated carbocycles. The SMILES string of the molecule is Cc1c(CNC(=O)CC2NCCCC2C)cnn1C. The molecule has 1 aliphatic heterocycles. The Kier molecular flexibility index (Phi) is 4.58. The Morgan fingerprint density at radius 3 is 3.05 bits per heavy atom. The van der Waals surface area contributed by atoms with Crippen molar-refractivity contribution in [1.82, 2.24) is 20.4 Å². The summed E-state index contributed by atoms with van der Waals surface area (Å²) in [5.41, 5.74) is 2.19. The molecule has 0 aliphatic carbocycles. The second-order valence-electron chi connectivity index (χ2n) is 5.54. The minimum atomic E-state index is 0.120. The van der Waals surface area contributed by atoms with Gasteiger partial charge in [0.15, 0.2) is 0 Å². The number of aromatic nitrogens is 2. The van der Waals surface area contributed by atoms with Crippen molar-refractivity contribution < 1.29 is 4.79 Å². The van der Waals surface area contributed by atoms with Crippen LogP contribution in [0.25, 0.3) is 0 Å². The Labute approximate surface area is 114 Å². The Morgan fingerprint density at radius 1 is 1.63 bits per heavy atom. The van der Waals surface area contributed by atoms with Crippen molar-refractivity contribution in [3.8, 4) is 0 Å². The molecule has 5 nitrogen and oxygen atoms in total. The molecule has 1 amide bonds. The lowest BCUT2D eigenvalue weighted by molar-refractivity contribution is -0.122. The molecular weight excluding hydrogens is 240 g/mol. The van der Waals surface area contributed by atoms with Crippen molar-refractivity contribution in [2.75, 3.05) is 6.54 Å². The van der Waals surface area contributed by atoms with Crippen molar-refractivity contribution >= 4 is 5.91 Å². The van der Waals surface area contributed by atoms with E-state index in [0.29, 0.717) is 24.9 Å². The van der Waals surface area contributed by atoms with Crippen LogP contribution in [0.15, 0.2) is 6.20 Å². The van der Waals surface area contributed by atoms with E-state index in [1.165, 1.54) is 12.8 Å². The zero-order valence-electron chi connectivity index (χ0n) is 12.1. The van der Waals surface area contributed by atoms with E-state index in [9.17, 15) is 4.79 Å². The van der Waals surface area contributed by atoms with Gasteiger partial charge in [0.05, 0.1) is 6.20 Å². The van der Waals surface area contributed by atoms with Gasteiger partial charge in [0.2, 0.25) is 5.91 Å². The maximum absolute atomic E-state index is 12.0. The summed E-state index contributed by atoms with van der Waals surface area (Å²) in [6.45, 7) is 5.83. The predicted molar refractivity (Wildman–Crippen MR) is 74.6 cm³/mol. The first-order chi connectivity index (χ1) is 9.08. The summed E-state index contributed by atoms with van der Waals surface area (Å²) in [5.74, 6) is 0.703. The van der Waals surface area contributed by atoms with Crippen LogP contribution in [0, 0.1) is 12.8 Å². The van der Waals surface area contributed by atoms with Crippen LogP contribution in [0.3, 0.4) is 0 Å². The fraction of sp³-hybridized carbons (Fsp3) is 0.714. The lowest BCUT2D eigenvalue weighted by Crippen LogP contribution is -2.43. The van der Waals surface area contributed by atoms with Crippen LogP contribution in [0.5, 0.6) is 0 Å². The molecule has 106 valence electrons. The maximum Gasteiger partial charge on any atom is 0.221 e. The fourth-order valence-corrected chi connectivity index (χ4v) is 2.57. The van der Waals surface area contributed by atoms with Crippen molar-refractivity contribution in [3.05, 3.63) is 17.5 Å². The van der Waals surface area contributed by atoms with E-state index in [1.807, 2.05) is 24.9 Å². The number of piperidine rings is 1. The third-order valence-electron chi connectivity index (χ3n) is 4.15. The zero-order chi connectivity index (χ0) is 13.8. The molecule has 2 N–H and O–H groups in total. The number of hydrogen-bond donors (Lipinski definition) is 2. The highest BCUT2D eigenvalue weighted by Gasteiger charge is 2.23. The first-order valence-electron chi connectivity index (χ1n) is 7.05. The lowest BCUT2D eigenvalue weighted by Gasteiger charge is -2.29. The van der Waals surface area contributed by atoms with Gasteiger partial charge in [-0.05, 0) is 32.2 Å². The van der Waals surface area contributed by atoms with Crippen LogP contribution < -0.4 is 10.6 Å². The Balaban J connectivity index is 1.80. The molecule has 1 fully saturated rings. The van der Waals surface area contributed by atoms with Gasteiger partial charge in [-0.25, -0.2) is 0 Å². The molecule has 1 aliphatic rings. The second kappa shape index (κ2) is 6.19. The highest BCUT2D eigenvalue weighted by atomic mass is 16.1. The van der Waals surface area contributed by atoms with E-state index in [2.05, 4.69) is 22.7 Å². The number of aryl methyl sites for hydroxylation is 1. The number of nitrogens with zero attached hydrogens (tertiary/aromatic N) is 2. The summed E-state index contributed by atoms with van der Waals surface area (Å²) in [7, 11) is 1.91. The lowest BCUT2D eigenvalue weighted by atomic mass is 9.90. The summed E-state index contributed by atoms with van der Waals surface area (Å²) < 4.78 is 1.83. The van der Waals surface area contributed by atoms with Crippen LogP contribution in [0.2, 0.25) is 0 Å². The predicted octanol–water partition coefficient (Wildman–Crippen LogP) is 1.12. The Hall–Kier alpha value is -1.36. The van der Waals surface area contributed by atoms with E-state index in [4.69, 9.17) is 0 Å². The topological polar surface area (TPSA) is 59.0 Å². The normalized spacial score (nSPS) is 23.3. The van der Waals surface area contributed by atoms with Crippen LogP contribution in [-0.4, -0.2) is 28.3 Å². The monoisotopic (exact) mass is 264 g/mol. The van der Waals surface area contributed by atoms with E-state index >= 15 is 0 Å². The molecule has 1 aromatic rings. The summed E-state index contributed by atoms with van der Waals surface area (Å²) >= 11 is 0. The van der Waals surface area contributed by atoms with Gasteiger partial charge >= 0.3 is 0 Å². The second-order valence-corrected chi connectivity index (χ2v) is 5.54. The molecule has 0 radical (unpaired) electrons.